The molecule has 0 aromatic heterocycles. The van der Waals surface area contributed by atoms with E-state index in [1.807, 2.05) is 19.1 Å². The van der Waals surface area contributed by atoms with Gasteiger partial charge in [-0.05, 0) is 39.0 Å². The summed E-state index contributed by atoms with van der Waals surface area (Å²) >= 11 is 0. The Kier molecular flexibility index (Phi) is 18.8. The van der Waals surface area contributed by atoms with Crippen molar-refractivity contribution in [3.63, 3.8) is 0 Å². The molecule has 13 nitrogen and oxygen atoms in total. The number of aliphatic hydroxyl groups is 5. The number of allylic oxidation sites excluding steroid dienone is 7. The Hall–Kier alpha value is -3.43. The zero-order chi connectivity index (χ0) is 34.6. The smallest absolute Gasteiger partial charge is 0.331 e. The summed E-state index contributed by atoms with van der Waals surface area (Å²) < 4.78 is 21.9. The van der Waals surface area contributed by atoms with E-state index in [4.69, 9.17) is 24.1 Å². The molecule has 0 aliphatic carbocycles. The van der Waals surface area contributed by atoms with Crippen molar-refractivity contribution in [2.24, 2.45) is 0 Å². The zero-order valence-electron chi connectivity index (χ0n) is 26.5. The van der Waals surface area contributed by atoms with Gasteiger partial charge in [-0.25, -0.2) is 4.79 Å². The summed E-state index contributed by atoms with van der Waals surface area (Å²) in [6.45, 7) is 1.29. The number of rotatable bonds is 7. The third-order valence-corrected chi connectivity index (χ3v) is 7.15. The molecule has 9 unspecified atom stereocenters. The fraction of sp³-hybridized carbons (Fsp3) is 0.559. The minimum absolute atomic E-state index is 0.145. The standard InChI is InChI=1S/C34H48O13/c1-23-13-7-3-2-4-8-14-24(35)21-25(36)15-9-5-10-16-26(17-11-6-12-18-30(40)45-23)46-34-33(43)32(42)31(41)27(47-34)22-44-29(39)20-19-28(37)38/h2,4-6,8-12,14,16,18,23-27,31-36,41-43H,3,7,13,15,17,19-22H2,1H3,(H,37,38). The van der Waals surface area contributed by atoms with Crippen LogP contribution < -0.4 is 0 Å². The molecule has 47 heavy (non-hydrogen) atoms. The number of carboxylic acid groups (broad SMARTS) is 1. The molecule has 2 rings (SSSR count). The van der Waals surface area contributed by atoms with Crippen LogP contribution in [-0.4, -0.2) is 110 Å². The minimum atomic E-state index is -1.70. The van der Waals surface area contributed by atoms with Crippen LogP contribution in [0.15, 0.2) is 72.9 Å². The molecule has 0 aromatic carbocycles. The highest BCUT2D eigenvalue weighted by atomic mass is 16.7. The van der Waals surface area contributed by atoms with E-state index >= 15 is 0 Å². The molecule has 2 aliphatic rings. The van der Waals surface area contributed by atoms with Crippen molar-refractivity contribution in [2.45, 2.75) is 113 Å². The molecule has 6 N–H and O–H groups in total. The van der Waals surface area contributed by atoms with Gasteiger partial charge in [0.1, 0.15) is 31.0 Å². The van der Waals surface area contributed by atoms with E-state index in [0.29, 0.717) is 6.42 Å². The molecule has 0 saturated carbocycles. The number of carboxylic acids is 1. The SMILES string of the molecule is CC1CCCC=CC=CC(O)CC(O)CC=CC=CC(OC2OC(COC(=O)CCC(=O)O)C(O)C(O)C2O)CC=CC=CC(=O)O1. The van der Waals surface area contributed by atoms with Crippen LogP contribution >= 0.6 is 0 Å². The van der Waals surface area contributed by atoms with Gasteiger partial charge in [-0.1, -0.05) is 66.8 Å². The third kappa shape index (κ3) is 16.8. The number of hydrogen-bond donors (Lipinski definition) is 6. The monoisotopic (exact) mass is 664 g/mol. The van der Waals surface area contributed by atoms with Crippen molar-refractivity contribution in [1.82, 2.24) is 0 Å². The minimum Gasteiger partial charge on any atom is -0.481 e. The Bertz CT molecular complexity index is 1140. The van der Waals surface area contributed by atoms with Crippen molar-refractivity contribution in [3.05, 3.63) is 72.9 Å². The number of aliphatic carboxylic acids is 1. The first-order valence-electron chi connectivity index (χ1n) is 15.7. The molecule has 9 atom stereocenters. The molecule has 0 bridgehead atoms. The van der Waals surface area contributed by atoms with Crippen LogP contribution in [0.2, 0.25) is 0 Å². The predicted octanol–water partition coefficient (Wildman–Crippen LogP) is 1.93. The number of ether oxygens (including phenoxy) is 4. The third-order valence-electron chi connectivity index (χ3n) is 7.15. The maximum atomic E-state index is 12.2. The number of hydrogen-bond acceptors (Lipinski definition) is 12. The average molecular weight is 665 g/mol. The second kappa shape index (κ2) is 22.2. The van der Waals surface area contributed by atoms with E-state index in [2.05, 4.69) is 0 Å². The van der Waals surface area contributed by atoms with Gasteiger partial charge in [-0.3, -0.25) is 9.59 Å². The lowest BCUT2D eigenvalue weighted by Gasteiger charge is -2.40. The summed E-state index contributed by atoms with van der Waals surface area (Å²) in [6.07, 6.45) is 11.5. The van der Waals surface area contributed by atoms with Gasteiger partial charge in [-0.2, -0.15) is 0 Å². The lowest BCUT2D eigenvalue weighted by atomic mass is 9.99. The molecular formula is C34H48O13. The van der Waals surface area contributed by atoms with Crippen molar-refractivity contribution >= 4 is 17.9 Å². The Morgan fingerprint density at radius 2 is 1.57 bits per heavy atom. The van der Waals surface area contributed by atoms with E-state index in [1.165, 1.54) is 12.2 Å². The van der Waals surface area contributed by atoms with Gasteiger partial charge in [0.15, 0.2) is 6.29 Å². The van der Waals surface area contributed by atoms with Crippen molar-refractivity contribution < 1.29 is 64.0 Å². The number of esters is 2. The molecule has 262 valence electrons. The molecular weight excluding hydrogens is 616 g/mol. The number of aliphatic hydroxyl groups excluding tert-OH is 5. The predicted molar refractivity (Wildman–Crippen MR) is 169 cm³/mol. The fourth-order valence-electron chi connectivity index (χ4n) is 4.54. The summed E-state index contributed by atoms with van der Waals surface area (Å²) in [5.74, 6) is -2.52. The van der Waals surface area contributed by atoms with Gasteiger partial charge in [0.05, 0.1) is 37.3 Å². The lowest BCUT2D eigenvalue weighted by Crippen LogP contribution is -2.59. The fourth-order valence-corrected chi connectivity index (χ4v) is 4.54. The summed E-state index contributed by atoms with van der Waals surface area (Å²) in [5.41, 5.74) is 0. The number of carbonyl (C=O) groups excluding carboxylic acids is 2. The van der Waals surface area contributed by atoms with E-state index < -0.39 is 86.4 Å². The van der Waals surface area contributed by atoms with Gasteiger partial charge in [0.2, 0.25) is 0 Å². The zero-order valence-corrected chi connectivity index (χ0v) is 26.5. The highest BCUT2D eigenvalue weighted by Crippen LogP contribution is 2.25. The van der Waals surface area contributed by atoms with Gasteiger partial charge in [-0.15, -0.1) is 0 Å². The van der Waals surface area contributed by atoms with Crippen molar-refractivity contribution in [2.75, 3.05) is 6.61 Å². The van der Waals surface area contributed by atoms with Gasteiger partial charge in [0, 0.05) is 12.5 Å². The Morgan fingerprint density at radius 1 is 0.872 bits per heavy atom. The first kappa shape index (κ1) is 39.7. The second-order valence-electron chi connectivity index (χ2n) is 11.3. The quantitative estimate of drug-likeness (QED) is 0.215. The highest BCUT2D eigenvalue weighted by Gasteiger charge is 2.45. The van der Waals surface area contributed by atoms with Crippen LogP contribution in [0, 0.1) is 0 Å². The van der Waals surface area contributed by atoms with Crippen LogP contribution in [0.5, 0.6) is 0 Å². The number of carbonyl (C=O) groups is 3. The van der Waals surface area contributed by atoms with E-state index in [1.54, 1.807) is 48.6 Å². The molecule has 0 spiro atoms. The van der Waals surface area contributed by atoms with Gasteiger partial charge in [0.25, 0.3) is 0 Å². The van der Waals surface area contributed by atoms with E-state index in [0.717, 1.165) is 12.8 Å². The Morgan fingerprint density at radius 3 is 2.34 bits per heavy atom. The topological polar surface area (TPSA) is 210 Å². The summed E-state index contributed by atoms with van der Waals surface area (Å²) in [7, 11) is 0. The molecule has 1 fully saturated rings. The maximum Gasteiger partial charge on any atom is 0.331 e. The largest absolute Gasteiger partial charge is 0.481 e. The molecule has 2 heterocycles. The van der Waals surface area contributed by atoms with Crippen molar-refractivity contribution in [3.8, 4) is 0 Å². The molecule has 0 aromatic rings. The molecule has 13 heteroatoms. The first-order valence-corrected chi connectivity index (χ1v) is 15.7. The summed E-state index contributed by atoms with van der Waals surface area (Å²) in [5, 5.41) is 60.5. The molecule has 2 aliphatic heterocycles. The van der Waals surface area contributed by atoms with Crippen LogP contribution in [0.1, 0.15) is 58.3 Å². The second-order valence-corrected chi connectivity index (χ2v) is 11.3. The van der Waals surface area contributed by atoms with E-state index in [-0.39, 0.29) is 25.4 Å². The highest BCUT2D eigenvalue weighted by molar-refractivity contribution is 5.82. The van der Waals surface area contributed by atoms with E-state index in [9.17, 15) is 39.9 Å². The molecule has 0 amide bonds. The maximum absolute atomic E-state index is 12.2. The van der Waals surface area contributed by atoms with Crippen LogP contribution in [0.4, 0.5) is 0 Å². The Labute approximate surface area is 274 Å². The normalized spacial score (nSPS) is 32.0. The van der Waals surface area contributed by atoms with Crippen LogP contribution in [-0.2, 0) is 33.3 Å². The van der Waals surface area contributed by atoms with Crippen molar-refractivity contribution in [1.29, 1.82) is 0 Å². The average Bonchev–Trinajstić information content (AvgIpc) is 3.01. The molecule has 1 saturated heterocycles. The van der Waals surface area contributed by atoms with Crippen LogP contribution in [0.25, 0.3) is 0 Å². The lowest BCUT2D eigenvalue weighted by molar-refractivity contribution is -0.307. The first-order chi connectivity index (χ1) is 22.5. The summed E-state index contributed by atoms with van der Waals surface area (Å²) in [4.78, 5) is 34.7. The van der Waals surface area contributed by atoms with Gasteiger partial charge >= 0.3 is 17.9 Å². The molecule has 0 radical (unpaired) electrons. The number of cyclic esters (lactones) is 1. The Balaban J connectivity index is 2.14. The van der Waals surface area contributed by atoms with Crippen LogP contribution in [0.3, 0.4) is 0 Å². The van der Waals surface area contributed by atoms with Gasteiger partial charge < -0.3 is 49.6 Å². The summed E-state index contributed by atoms with van der Waals surface area (Å²) in [6, 6.07) is 0.